The van der Waals surface area contributed by atoms with Crippen LogP contribution in [0.4, 0.5) is 0 Å². The zero-order valence-corrected chi connectivity index (χ0v) is 12.2. The molecule has 0 aliphatic carbocycles. The summed E-state index contributed by atoms with van der Waals surface area (Å²) in [4.78, 5) is 10.5. The number of benzene rings is 1. The van der Waals surface area contributed by atoms with Gasteiger partial charge in [0.05, 0.1) is 10.8 Å². The highest BCUT2D eigenvalue weighted by atomic mass is 32.2. The lowest BCUT2D eigenvalue weighted by Crippen LogP contribution is -2.37. The van der Waals surface area contributed by atoms with E-state index in [0.29, 0.717) is 0 Å². The molecule has 1 aromatic rings. The monoisotopic (exact) mass is 300 g/mol. The van der Waals surface area contributed by atoms with Crippen LogP contribution < -0.4 is 11.1 Å². The van der Waals surface area contributed by atoms with E-state index in [1.807, 2.05) is 6.92 Å². The lowest BCUT2D eigenvalue weighted by atomic mass is 9.99. The van der Waals surface area contributed by atoms with Crippen LogP contribution >= 0.6 is 0 Å². The number of nitrogens with two attached hydrogens (primary N) is 1. The summed E-state index contributed by atoms with van der Waals surface area (Å²) in [5, 5.41) is 3.12. The fourth-order valence-corrected chi connectivity index (χ4v) is 2.28. The zero-order valence-electron chi connectivity index (χ0n) is 11.4. The maximum Gasteiger partial charge on any atom is 0.294 e. The van der Waals surface area contributed by atoms with Crippen LogP contribution in [0, 0.1) is 12.8 Å². The van der Waals surface area contributed by atoms with E-state index in [1.54, 1.807) is 12.1 Å². The van der Waals surface area contributed by atoms with Gasteiger partial charge in [-0.3, -0.25) is 9.35 Å². The lowest BCUT2D eigenvalue weighted by Gasteiger charge is -2.18. The maximum atomic E-state index is 10.5. The van der Waals surface area contributed by atoms with E-state index in [-0.39, 0.29) is 16.7 Å². The number of piperidine rings is 1. The van der Waals surface area contributed by atoms with E-state index in [1.165, 1.54) is 12.1 Å². The SMILES string of the molecule is Cc1ccc(S(=O)(=O)O)cc1.NC(=O)C1CCCNC1. The number of rotatable bonds is 2. The topological polar surface area (TPSA) is 109 Å². The Balaban J connectivity index is 0.000000204. The van der Waals surface area contributed by atoms with Crippen LogP contribution in [0.2, 0.25) is 0 Å². The minimum absolute atomic E-state index is 0.0666. The third-order valence-electron chi connectivity index (χ3n) is 3.02. The summed E-state index contributed by atoms with van der Waals surface area (Å²) in [6.07, 6.45) is 2.04. The molecule has 4 N–H and O–H groups in total. The summed E-state index contributed by atoms with van der Waals surface area (Å²) >= 11 is 0. The Morgan fingerprint density at radius 1 is 1.35 bits per heavy atom. The summed E-state index contributed by atoms with van der Waals surface area (Å²) < 4.78 is 29.6. The number of nitrogens with one attached hydrogen (secondary N) is 1. The Kier molecular flexibility index (Phi) is 6.12. The standard InChI is InChI=1S/C7H8O3S.C6H12N2O/c1-6-2-4-7(5-3-6)11(8,9)10;7-6(9)5-2-1-3-8-4-5/h2-5H,1H3,(H,8,9,10);5,8H,1-4H2,(H2,7,9). The molecule has 1 aromatic carbocycles. The van der Waals surface area contributed by atoms with Crippen molar-refractivity contribution in [2.24, 2.45) is 11.7 Å². The first-order valence-electron chi connectivity index (χ1n) is 6.35. The van der Waals surface area contributed by atoms with Crippen molar-refractivity contribution < 1.29 is 17.8 Å². The van der Waals surface area contributed by atoms with E-state index in [2.05, 4.69) is 5.32 Å². The summed E-state index contributed by atoms with van der Waals surface area (Å²) in [6, 6.07) is 5.99. The van der Waals surface area contributed by atoms with Crippen LogP contribution in [-0.4, -0.2) is 32.0 Å². The van der Waals surface area contributed by atoms with Gasteiger partial charge in [-0.15, -0.1) is 0 Å². The minimum atomic E-state index is -4.02. The summed E-state index contributed by atoms with van der Waals surface area (Å²) in [6.45, 7) is 3.65. The van der Waals surface area contributed by atoms with Gasteiger partial charge >= 0.3 is 0 Å². The van der Waals surface area contributed by atoms with Gasteiger partial charge in [-0.2, -0.15) is 8.42 Å². The Labute approximate surface area is 119 Å². The highest BCUT2D eigenvalue weighted by molar-refractivity contribution is 7.85. The average Bonchev–Trinajstić information content (AvgIpc) is 2.40. The molecule has 1 heterocycles. The van der Waals surface area contributed by atoms with Gasteiger partial charge < -0.3 is 11.1 Å². The van der Waals surface area contributed by atoms with Crippen molar-refractivity contribution in [3.8, 4) is 0 Å². The molecule has 1 unspecified atom stereocenters. The second kappa shape index (κ2) is 7.37. The van der Waals surface area contributed by atoms with Crippen molar-refractivity contribution in [3.63, 3.8) is 0 Å². The van der Waals surface area contributed by atoms with Gasteiger partial charge in [-0.05, 0) is 38.4 Å². The van der Waals surface area contributed by atoms with E-state index < -0.39 is 10.1 Å². The van der Waals surface area contributed by atoms with Crippen LogP contribution in [-0.2, 0) is 14.9 Å². The van der Waals surface area contributed by atoms with Crippen molar-refractivity contribution in [2.75, 3.05) is 13.1 Å². The molecule has 112 valence electrons. The predicted octanol–water partition coefficient (Wildman–Crippen LogP) is 0.713. The minimum Gasteiger partial charge on any atom is -0.369 e. The molecule has 20 heavy (non-hydrogen) atoms. The third kappa shape index (κ3) is 5.68. The van der Waals surface area contributed by atoms with Crippen molar-refractivity contribution in [3.05, 3.63) is 29.8 Å². The molecule has 1 amide bonds. The fraction of sp³-hybridized carbons (Fsp3) is 0.462. The van der Waals surface area contributed by atoms with Crippen LogP contribution in [0.5, 0.6) is 0 Å². The largest absolute Gasteiger partial charge is 0.369 e. The molecule has 1 aliphatic rings. The third-order valence-corrected chi connectivity index (χ3v) is 3.89. The number of hydrogen-bond acceptors (Lipinski definition) is 4. The predicted molar refractivity (Wildman–Crippen MR) is 75.8 cm³/mol. The molecular formula is C13H20N2O4S. The molecule has 6 nitrogen and oxygen atoms in total. The number of carbonyl (C=O) groups is 1. The van der Waals surface area contributed by atoms with E-state index in [4.69, 9.17) is 10.3 Å². The van der Waals surface area contributed by atoms with E-state index >= 15 is 0 Å². The molecule has 0 spiro atoms. The second-order valence-corrected chi connectivity index (χ2v) is 6.16. The molecule has 0 saturated carbocycles. The molecular weight excluding hydrogens is 280 g/mol. The quantitative estimate of drug-likeness (QED) is 0.697. The highest BCUT2D eigenvalue weighted by Gasteiger charge is 2.17. The molecule has 1 atom stereocenters. The molecule has 0 bridgehead atoms. The highest BCUT2D eigenvalue weighted by Crippen LogP contribution is 2.08. The zero-order chi connectivity index (χ0) is 15.2. The van der Waals surface area contributed by atoms with Gasteiger partial charge in [0.2, 0.25) is 5.91 Å². The first kappa shape index (κ1) is 16.6. The number of primary amides is 1. The number of carbonyl (C=O) groups excluding carboxylic acids is 1. The smallest absolute Gasteiger partial charge is 0.294 e. The molecule has 1 aliphatic heterocycles. The van der Waals surface area contributed by atoms with Gasteiger partial charge in [-0.1, -0.05) is 17.7 Å². The normalized spacial score (nSPS) is 18.8. The Morgan fingerprint density at radius 3 is 2.30 bits per heavy atom. The Bertz CT molecular complexity index is 534. The van der Waals surface area contributed by atoms with E-state index in [9.17, 15) is 13.2 Å². The number of aryl methyl sites for hydroxylation is 1. The van der Waals surface area contributed by atoms with Gasteiger partial charge in [0.15, 0.2) is 0 Å². The van der Waals surface area contributed by atoms with Gasteiger partial charge in [0.25, 0.3) is 10.1 Å². The van der Waals surface area contributed by atoms with Crippen LogP contribution in [0.3, 0.4) is 0 Å². The molecule has 7 heteroatoms. The van der Waals surface area contributed by atoms with Crippen molar-refractivity contribution in [2.45, 2.75) is 24.7 Å². The summed E-state index contributed by atoms with van der Waals surface area (Å²) in [7, 11) is -4.02. The summed E-state index contributed by atoms with van der Waals surface area (Å²) in [5.41, 5.74) is 6.04. The van der Waals surface area contributed by atoms with Crippen LogP contribution in [0.15, 0.2) is 29.2 Å². The van der Waals surface area contributed by atoms with Crippen molar-refractivity contribution in [1.29, 1.82) is 0 Å². The average molecular weight is 300 g/mol. The molecule has 0 radical (unpaired) electrons. The molecule has 1 saturated heterocycles. The number of hydrogen-bond donors (Lipinski definition) is 3. The molecule has 2 rings (SSSR count). The van der Waals surface area contributed by atoms with Crippen LogP contribution in [0.25, 0.3) is 0 Å². The maximum absolute atomic E-state index is 10.5. The van der Waals surface area contributed by atoms with Crippen molar-refractivity contribution in [1.82, 2.24) is 5.32 Å². The molecule has 0 aromatic heterocycles. The van der Waals surface area contributed by atoms with Gasteiger partial charge in [-0.25, -0.2) is 0 Å². The lowest BCUT2D eigenvalue weighted by molar-refractivity contribution is -0.122. The van der Waals surface area contributed by atoms with Gasteiger partial charge in [0, 0.05) is 6.54 Å². The first-order chi connectivity index (χ1) is 9.30. The fourth-order valence-electron chi connectivity index (χ4n) is 1.80. The summed E-state index contributed by atoms with van der Waals surface area (Å²) in [5.74, 6) is -0.0825. The Morgan fingerprint density at radius 2 is 1.95 bits per heavy atom. The van der Waals surface area contributed by atoms with E-state index in [0.717, 1.165) is 31.5 Å². The van der Waals surface area contributed by atoms with Crippen molar-refractivity contribution >= 4 is 16.0 Å². The Hall–Kier alpha value is -1.44. The molecule has 1 fully saturated rings. The van der Waals surface area contributed by atoms with Gasteiger partial charge in [0.1, 0.15) is 0 Å². The van der Waals surface area contributed by atoms with Crippen LogP contribution in [0.1, 0.15) is 18.4 Å². The first-order valence-corrected chi connectivity index (χ1v) is 7.79. The second-order valence-electron chi connectivity index (χ2n) is 4.73. The number of amides is 1.